The smallest absolute Gasteiger partial charge is 0.121 e. The van der Waals surface area contributed by atoms with Gasteiger partial charge in [0.25, 0.3) is 0 Å². The van der Waals surface area contributed by atoms with Gasteiger partial charge in [0.2, 0.25) is 0 Å². The van der Waals surface area contributed by atoms with Crippen molar-refractivity contribution in [2.45, 2.75) is 38.4 Å². The Bertz CT molecular complexity index is 1330. The van der Waals surface area contributed by atoms with E-state index in [1.165, 1.54) is 23.2 Å². The van der Waals surface area contributed by atoms with Crippen LogP contribution >= 0.6 is 17.0 Å². The molecule has 0 amide bonds. The summed E-state index contributed by atoms with van der Waals surface area (Å²) in [5, 5.41) is 0. The molecule has 6 nitrogen and oxygen atoms in total. The van der Waals surface area contributed by atoms with Crippen molar-refractivity contribution in [1.29, 1.82) is 0 Å². The molecule has 2 aromatic carbocycles. The number of pyridine rings is 1. The summed E-state index contributed by atoms with van der Waals surface area (Å²) < 4.78 is 2.03. The van der Waals surface area contributed by atoms with Crippen molar-refractivity contribution in [1.82, 2.24) is 29.4 Å². The molecule has 7 heteroatoms. The summed E-state index contributed by atoms with van der Waals surface area (Å²) in [6.07, 6.45) is 10.9. The summed E-state index contributed by atoms with van der Waals surface area (Å²) in [7, 11) is 0. The Balaban J connectivity index is 0.00000241. The Morgan fingerprint density at radius 3 is 2.68 bits per heavy atom. The van der Waals surface area contributed by atoms with E-state index in [0.29, 0.717) is 0 Å². The maximum atomic E-state index is 4.86. The molecule has 1 aliphatic carbocycles. The summed E-state index contributed by atoms with van der Waals surface area (Å²) in [6, 6.07) is 21.5. The summed E-state index contributed by atoms with van der Waals surface area (Å²) in [4.78, 5) is 19.9. The van der Waals surface area contributed by atoms with Crippen molar-refractivity contribution in [2.75, 3.05) is 0 Å². The predicted molar refractivity (Wildman–Crippen MR) is 139 cm³/mol. The van der Waals surface area contributed by atoms with E-state index >= 15 is 0 Å². The fourth-order valence-electron chi connectivity index (χ4n) is 4.91. The molecule has 0 bridgehead atoms. The number of halogens is 1. The molecular formula is C27H27BrN6. The zero-order valence-corrected chi connectivity index (χ0v) is 20.6. The monoisotopic (exact) mass is 514 g/mol. The van der Waals surface area contributed by atoms with E-state index in [4.69, 9.17) is 9.97 Å². The highest BCUT2D eigenvalue weighted by atomic mass is 79.9. The Labute approximate surface area is 209 Å². The van der Waals surface area contributed by atoms with Gasteiger partial charge in [-0.1, -0.05) is 30.3 Å². The van der Waals surface area contributed by atoms with Gasteiger partial charge in [-0.25, -0.2) is 9.97 Å². The highest BCUT2D eigenvalue weighted by Crippen LogP contribution is 2.34. The number of fused-ring (bicyclic) bond motifs is 2. The fourth-order valence-corrected chi connectivity index (χ4v) is 4.91. The van der Waals surface area contributed by atoms with Crippen molar-refractivity contribution < 1.29 is 0 Å². The van der Waals surface area contributed by atoms with Crippen LogP contribution in [0.1, 0.15) is 41.5 Å². The minimum atomic E-state index is 0. The Kier molecular flexibility index (Phi) is 6.56. The topological polar surface area (TPSA) is 62.6 Å². The van der Waals surface area contributed by atoms with Gasteiger partial charge in [-0.3, -0.25) is 9.88 Å². The number of hydrogen-bond acceptors (Lipinski definition) is 4. The van der Waals surface area contributed by atoms with Crippen molar-refractivity contribution in [3.63, 3.8) is 0 Å². The molecule has 1 atom stereocenters. The third-order valence-corrected chi connectivity index (χ3v) is 6.52. The quantitative estimate of drug-likeness (QED) is 0.311. The van der Waals surface area contributed by atoms with Gasteiger partial charge >= 0.3 is 0 Å². The van der Waals surface area contributed by atoms with E-state index in [1.54, 1.807) is 6.20 Å². The molecule has 34 heavy (non-hydrogen) atoms. The predicted octanol–water partition coefficient (Wildman–Crippen LogP) is 5.80. The second-order valence-corrected chi connectivity index (χ2v) is 8.70. The van der Waals surface area contributed by atoms with Crippen LogP contribution < -0.4 is 0 Å². The van der Waals surface area contributed by atoms with Gasteiger partial charge in [-0.2, -0.15) is 0 Å². The number of imidazole rings is 2. The van der Waals surface area contributed by atoms with Crippen molar-refractivity contribution >= 4 is 28.0 Å². The molecule has 5 aromatic rings. The molecular weight excluding hydrogens is 488 g/mol. The lowest BCUT2D eigenvalue weighted by atomic mass is 9.90. The maximum absolute atomic E-state index is 4.86. The highest BCUT2D eigenvalue weighted by Gasteiger charge is 2.28. The van der Waals surface area contributed by atoms with Crippen LogP contribution in [0.4, 0.5) is 0 Å². The molecule has 0 spiro atoms. The third kappa shape index (κ3) is 4.54. The van der Waals surface area contributed by atoms with Gasteiger partial charge in [-0.05, 0) is 60.7 Å². The van der Waals surface area contributed by atoms with E-state index in [-0.39, 0.29) is 23.0 Å². The molecule has 3 aromatic heterocycles. The Morgan fingerprint density at radius 1 is 0.971 bits per heavy atom. The number of nitrogens with one attached hydrogen (secondary N) is 1. The summed E-state index contributed by atoms with van der Waals surface area (Å²) in [5.74, 6) is 0.995. The molecule has 1 N–H and O–H groups in total. The van der Waals surface area contributed by atoms with Crippen molar-refractivity contribution in [3.8, 4) is 5.69 Å². The largest absolute Gasteiger partial charge is 0.341 e. The number of benzene rings is 2. The van der Waals surface area contributed by atoms with E-state index in [0.717, 1.165) is 48.5 Å². The number of nitrogens with zero attached hydrogens (tertiary/aromatic N) is 5. The molecule has 6 rings (SSSR count). The van der Waals surface area contributed by atoms with Crippen LogP contribution in [0.15, 0.2) is 85.6 Å². The second kappa shape index (κ2) is 9.91. The van der Waals surface area contributed by atoms with Crippen molar-refractivity contribution in [3.05, 3.63) is 108 Å². The van der Waals surface area contributed by atoms with E-state index in [1.807, 2.05) is 35.4 Å². The molecule has 0 fully saturated rings. The molecule has 3 heterocycles. The first kappa shape index (κ1) is 22.5. The minimum absolute atomic E-state index is 0. The molecule has 0 aliphatic heterocycles. The number of aryl methyl sites for hydroxylation is 1. The fraction of sp³-hybridized carbons (Fsp3) is 0.222. The lowest BCUT2D eigenvalue weighted by molar-refractivity contribution is 0.153. The summed E-state index contributed by atoms with van der Waals surface area (Å²) in [6.45, 7) is 1.58. The van der Waals surface area contributed by atoms with E-state index < -0.39 is 0 Å². The van der Waals surface area contributed by atoms with Crippen LogP contribution in [0.25, 0.3) is 16.7 Å². The van der Waals surface area contributed by atoms with E-state index in [9.17, 15) is 0 Å². The minimum Gasteiger partial charge on any atom is -0.341 e. The van der Waals surface area contributed by atoms with Crippen LogP contribution in [-0.4, -0.2) is 29.4 Å². The molecule has 1 unspecified atom stereocenters. The molecule has 0 saturated heterocycles. The van der Waals surface area contributed by atoms with E-state index in [2.05, 4.69) is 63.4 Å². The first-order valence-electron chi connectivity index (χ1n) is 11.5. The van der Waals surface area contributed by atoms with Gasteiger partial charge in [0.15, 0.2) is 0 Å². The standard InChI is InChI=1S/C27H26N6.BrH/c1-2-8-24-23(7-1)30-26(31-24)18-33(25-9-3-5-21-6-4-14-29-27(21)25)17-20-10-12-22(13-11-20)32-16-15-28-19-32;/h1-2,4,6-8,10-16,19,25H,3,5,9,17-18H2,(H,30,31);1H. The Morgan fingerprint density at radius 2 is 1.85 bits per heavy atom. The van der Waals surface area contributed by atoms with Gasteiger partial charge < -0.3 is 9.55 Å². The zero-order valence-electron chi connectivity index (χ0n) is 18.8. The number of para-hydroxylation sites is 2. The average molecular weight is 515 g/mol. The summed E-state index contributed by atoms with van der Waals surface area (Å²) >= 11 is 0. The van der Waals surface area contributed by atoms with Crippen LogP contribution in [0.2, 0.25) is 0 Å². The normalized spacial score (nSPS) is 15.3. The van der Waals surface area contributed by atoms with Gasteiger partial charge in [0.05, 0.1) is 35.6 Å². The molecule has 0 saturated carbocycles. The first-order chi connectivity index (χ1) is 16.3. The highest BCUT2D eigenvalue weighted by molar-refractivity contribution is 8.93. The lowest BCUT2D eigenvalue weighted by Crippen LogP contribution is -2.31. The average Bonchev–Trinajstić information content (AvgIpc) is 3.54. The number of H-pyrrole nitrogens is 1. The lowest BCUT2D eigenvalue weighted by Gasteiger charge is -2.34. The van der Waals surface area contributed by atoms with Gasteiger partial charge in [0.1, 0.15) is 5.82 Å². The van der Waals surface area contributed by atoms with Crippen LogP contribution in [0.3, 0.4) is 0 Å². The zero-order chi connectivity index (χ0) is 22.0. The Hall–Kier alpha value is -3.29. The SMILES string of the molecule is Br.c1cnc2c(c1)CCCC2N(Cc1ccc(-n2ccnc2)cc1)Cc1nc2ccccc2[nH]1. The van der Waals surface area contributed by atoms with Gasteiger partial charge in [0, 0.05) is 30.8 Å². The van der Waals surface area contributed by atoms with Gasteiger partial charge in [-0.15, -0.1) is 17.0 Å². The number of hydrogen-bond donors (Lipinski definition) is 1. The molecule has 172 valence electrons. The second-order valence-electron chi connectivity index (χ2n) is 8.70. The summed E-state index contributed by atoms with van der Waals surface area (Å²) in [5.41, 5.74) is 7.08. The van der Waals surface area contributed by atoms with Crippen LogP contribution in [-0.2, 0) is 19.5 Å². The third-order valence-electron chi connectivity index (χ3n) is 6.52. The van der Waals surface area contributed by atoms with Crippen molar-refractivity contribution in [2.24, 2.45) is 0 Å². The number of rotatable bonds is 6. The van der Waals surface area contributed by atoms with Crippen LogP contribution in [0, 0.1) is 0 Å². The van der Waals surface area contributed by atoms with Crippen LogP contribution in [0.5, 0.6) is 0 Å². The first-order valence-corrected chi connectivity index (χ1v) is 11.5. The number of aromatic amines is 1. The molecule has 0 radical (unpaired) electrons. The maximum Gasteiger partial charge on any atom is 0.121 e. The number of aromatic nitrogens is 5. The molecule has 1 aliphatic rings.